The fraction of sp³-hybridized carbons (Fsp3) is 0.455. The summed E-state index contributed by atoms with van der Waals surface area (Å²) in [4.78, 5) is 15.5. The third-order valence-electron chi connectivity index (χ3n) is 2.69. The lowest BCUT2D eigenvalue weighted by Gasteiger charge is -2.22. The monoisotopic (exact) mass is 223 g/mol. The molecule has 1 aromatic heterocycles. The van der Waals surface area contributed by atoms with Crippen molar-refractivity contribution in [3.05, 3.63) is 30.1 Å². The highest BCUT2D eigenvalue weighted by Crippen LogP contribution is 2.40. The number of hydrogen-bond acceptors (Lipinski definition) is 3. The number of hydrogen-bond donors (Lipinski definition) is 1. The molecule has 1 N–H and O–H groups in total. The van der Waals surface area contributed by atoms with E-state index in [4.69, 9.17) is 0 Å². The molecule has 2 heterocycles. The van der Waals surface area contributed by atoms with E-state index >= 15 is 0 Å². The van der Waals surface area contributed by atoms with Gasteiger partial charge in [0.2, 0.25) is 0 Å². The maximum Gasteiger partial charge on any atom is 0.320 e. The smallest absolute Gasteiger partial charge is 0.320 e. The quantitative estimate of drug-likeness (QED) is 0.851. The first-order valence-electron chi connectivity index (χ1n) is 5.00. The Morgan fingerprint density at radius 2 is 2.47 bits per heavy atom. The first-order valence-corrected chi connectivity index (χ1v) is 5.99. The third-order valence-corrected chi connectivity index (χ3v) is 4.25. The van der Waals surface area contributed by atoms with E-state index in [0.29, 0.717) is 6.42 Å². The first-order chi connectivity index (χ1) is 7.23. The zero-order valence-electron chi connectivity index (χ0n) is 8.35. The Hall–Kier alpha value is -1.03. The van der Waals surface area contributed by atoms with Crippen LogP contribution in [0, 0.1) is 0 Å². The molecule has 0 radical (unpaired) electrons. The van der Waals surface area contributed by atoms with E-state index in [1.54, 1.807) is 18.0 Å². The molecule has 1 aliphatic heterocycles. The predicted molar refractivity (Wildman–Crippen MR) is 60.0 cm³/mol. The van der Waals surface area contributed by atoms with Crippen molar-refractivity contribution in [3.63, 3.8) is 0 Å². The summed E-state index contributed by atoms with van der Waals surface area (Å²) in [6.45, 7) is 0. The molecule has 15 heavy (non-hydrogen) atoms. The van der Waals surface area contributed by atoms with Gasteiger partial charge in [0.15, 0.2) is 0 Å². The summed E-state index contributed by atoms with van der Waals surface area (Å²) >= 11 is 1.55. The van der Waals surface area contributed by atoms with Gasteiger partial charge in [-0.25, -0.2) is 0 Å². The standard InChI is InChI=1S/C11H13NO2S/c13-10(14)11(5-3-7-15-11)8-9-4-1-2-6-12-9/h1-2,4,6H,3,5,7-8H2,(H,13,14). The topological polar surface area (TPSA) is 50.2 Å². The minimum absolute atomic E-state index is 0.536. The summed E-state index contributed by atoms with van der Waals surface area (Å²) < 4.78 is -0.631. The Balaban J connectivity index is 2.18. The summed E-state index contributed by atoms with van der Waals surface area (Å²) in [5.74, 6) is 0.245. The number of carboxylic acids is 1. The Bertz CT molecular complexity index is 347. The fourth-order valence-electron chi connectivity index (χ4n) is 1.88. The van der Waals surface area contributed by atoms with E-state index in [1.165, 1.54) is 0 Å². The minimum Gasteiger partial charge on any atom is -0.480 e. The van der Waals surface area contributed by atoms with Crippen LogP contribution in [0.2, 0.25) is 0 Å². The SMILES string of the molecule is O=C(O)C1(Cc2ccccn2)CCCS1. The third kappa shape index (κ3) is 2.15. The summed E-state index contributed by atoms with van der Waals surface area (Å²) in [6, 6.07) is 5.64. The molecule has 0 spiro atoms. The Morgan fingerprint density at radius 3 is 3.00 bits per heavy atom. The minimum atomic E-state index is -0.698. The summed E-state index contributed by atoms with van der Waals surface area (Å²) in [5, 5.41) is 9.28. The van der Waals surface area contributed by atoms with Crippen LogP contribution in [0.1, 0.15) is 18.5 Å². The van der Waals surface area contributed by atoms with Crippen molar-refractivity contribution in [1.29, 1.82) is 0 Å². The Morgan fingerprint density at radius 1 is 1.60 bits per heavy atom. The molecular formula is C11H13NO2S. The molecule has 0 aliphatic carbocycles. The average Bonchev–Trinajstić information content (AvgIpc) is 2.69. The van der Waals surface area contributed by atoms with Crippen molar-refractivity contribution in [1.82, 2.24) is 4.98 Å². The van der Waals surface area contributed by atoms with Gasteiger partial charge in [-0.05, 0) is 30.7 Å². The van der Waals surface area contributed by atoms with E-state index in [2.05, 4.69) is 4.98 Å². The Labute approximate surface area is 92.9 Å². The molecule has 2 rings (SSSR count). The molecule has 0 amide bonds. The normalized spacial score (nSPS) is 25.3. The highest BCUT2D eigenvalue weighted by Gasteiger charge is 2.42. The van der Waals surface area contributed by atoms with Crippen LogP contribution in [-0.4, -0.2) is 26.6 Å². The second kappa shape index (κ2) is 4.23. The van der Waals surface area contributed by atoms with Crippen LogP contribution < -0.4 is 0 Å². The fourth-order valence-corrected chi connectivity index (χ4v) is 3.22. The van der Waals surface area contributed by atoms with Crippen LogP contribution >= 0.6 is 11.8 Å². The highest BCUT2D eigenvalue weighted by molar-refractivity contribution is 8.01. The summed E-state index contributed by atoms with van der Waals surface area (Å²) in [6.07, 6.45) is 3.99. The van der Waals surface area contributed by atoms with Gasteiger partial charge in [0, 0.05) is 18.3 Å². The van der Waals surface area contributed by atoms with Gasteiger partial charge in [-0.15, -0.1) is 11.8 Å². The largest absolute Gasteiger partial charge is 0.480 e. The molecule has 0 saturated carbocycles. The summed E-state index contributed by atoms with van der Waals surface area (Å²) in [5.41, 5.74) is 0.870. The number of carboxylic acid groups (broad SMARTS) is 1. The lowest BCUT2D eigenvalue weighted by molar-refractivity contribution is -0.139. The van der Waals surface area contributed by atoms with E-state index < -0.39 is 10.7 Å². The molecule has 1 aromatic rings. The van der Waals surface area contributed by atoms with Crippen LogP contribution in [0.5, 0.6) is 0 Å². The molecule has 1 fully saturated rings. The van der Waals surface area contributed by atoms with Gasteiger partial charge >= 0.3 is 5.97 Å². The second-order valence-electron chi connectivity index (χ2n) is 3.75. The van der Waals surface area contributed by atoms with Crippen LogP contribution in [0.4, 0.5) is 0 Å². The van der Waals surface area contributed by atoms with E-state index in [0.717, 1.165) is 24.3 Å². The second-order valence-corrected chi connectivity index (χ2v) is 5.23. The van der Waals surface area contributed by atoms with Crippen LogP contribution in [0.3, 0.4) is 0 Å². The van der Waals surface area contributed by atoms with Crippen LogP contribution in [0.25, 0.3) is 0 Å². The number of aliphatic carboxylic acids is 1. The molecular weight excluding hydrogens is 210 g/mol. The zero-order valence-corrected chi connectivity index (χ0v) is 9.17. The molecule has 1 aliphatic rings. The van der Waals surface area contributed by atoms with Gasteiger partial charge in [-0.2, -0.15) is 0 Å². The van der Waals surface area contributed by atoms with Crippen molar-refractivity contribution in [2.75, 3.05) is 5.75 Å². The van der Waals surface area contributed by atoms with Gasteiger partial charge in [-0.1, -0.05) is 6.07 Å². The van der Waals surface area contributed by atoms with Gasteiger partial charge in [-0.3, -0.25) is 9.78 Å². The maximum absolute atomic E-state index is 11.3. The lowest BCUT2D eigenvalue weighted by Crippen LogP contribution is -2.35. The average molecular weight is 223 g/mol. The number of carbonyl (C=O) groups is 1. The summed E-state index contributed by atoms with van der Waals surface area (Å²) in [7, 11) is 0. The maximum atomic E-state index is 11.3. The zero-order chi connectivity index (χ0) is 10.7. The molecule has 80 valence electrons. The van der Waals surface area contributed by atoms with Crippen molar-refractivity contribution in [2.24, 2.45) is 0 Å². The van der Waals surface area contributed by atoms with E-state index in [-0.39, 0.29) is 0 Å². The molecule has 0 bridgehead atoms. The molecule has 3 nitrogen and oxygen atoms in total. The highest BCUT2D eigenvalue weighted by atomic mass is 32.2. The van der Waals surface area contributed by atoms with Gasteiger partial charge in [0.25, 0.3) is 0 Å². The van der Waals surface area contributed by atoms with Gasteiger partial charge in [0.1, 0.15) is 4.75 Å². The van der Waals surface area contributed by atoms with E-state index in [1.807, 2.05) is 18.2 Å². The number of rotatable bonds is 3. The van der Waals surface area contributed by atoms with Crippen molar-refractivity contribution in [2.45, 2.75) is 24.0 Å². The molecule has 1 unspecified atom stereocenters. The van der Waals surface area contributed by atoms with Gasteiger partial charge < -0.3 is 5.11 Å². The van der Waals surface area contributed by atoms with Crippen LogP contribution in [0.15, 0.2) is 24.4 Å². The molecule has 1 saturated heterocycles. The number of thioether (sulfide) groups is 1. The molecule has 0 aromatic carbocycles. The first kappa shape index (κ1) is 10.5. The van der Waals surface area contributed by atoms with Crippen molar-refractivity contribution in [3.8, 4) is 0 Å². The molecule has 4 heteroatoms. The van der Waals surface area contributed by atoms with Gasteiger partial charge in [0.05, 0.1) is 0 Å². The molecule has 1 atom stereocenters. The van der Waals surface area contributed by atoms with Crippen LogP contribution in [-0.2, 0) is 11.2 Å². The lowest BCUT2D eigenvalue weighted by atomic mass is 9.97. The number of aromatic nitrogens is 1. The number of nitrogens with zero attached hydrogens (tertiary/aromatic N) is 1. The van der Waals surface area contributed by atoms with Crippen molar-refractivity contribution < 1.29 is 9.90 Å². The number of pyridine rings is 1. The predicted octanol–water partition coefficient (Wildman–Crippen LogP) is 1.97. The Kier molecular flexibility index (Phi) is 2.95. The van der Waals surface area contributed by atoms with E-state index in [9.17, 15) is 9.90 Å². The van der Waals surface area contributed by atoms with Crippen molar-refractivity contribution >= 4 is 17.7 Å².